The van der Waals surface area contributed by atoms with Gasteiger partial charge in [0.1, 0.15) is 33.5 Å². The standard InChI is InChI=1S/C37H41N7O5S/c1-36(2,3)49-34(45)43-37(14-5-4-6-15-37)33-40-24-12-10-22(18-26(24)41-33)32-38-20-29(50-32)21-9-11-23-28(19-21)48-17-13-25-30(23)42-31(39-25)27-8-7-16-44(27)35(46)47/h9-12,18-20,27H,4-8,13-17H2,1-3H3,(H,39,42)(H,40,41)(H,43,45)(H,46,47). The molecule has 0 radical (unpaired) electrons. The van der Waals surface area contributed by atoms with Crippen LogP contribution in [0.25, 0.3) is 43.3 Å². The van der Waals surface area contributed by atoms with Gasteiger partial charge in [0, 0.05) is 30.3 Å². The lowest BCUT2D eigenvalue weighted by Gasteiger charge is -2.36. The molecule has 2 aromatic carbocycles. The Hall–Kier alpha value is -4.91. The molecule has 3 aliphatic rings. The molecule has 1 saturated carbocycles. The van der Waals surface area contributed by atoms with Crippen LogP contribution in [0.4, 0.5) is 9.59 Å². The van der Waals surface area contributed by atoms with E-state index in [9.17, 15) is 14.7 Å². The van der Waals surface area contributed by atoms with E-state index >= 15 is 0 Å². The van der Waals surface area contributed by atoms with E-state index in [2.05, 4.69) is 33.5 Å². The molecule has 5 heterocycles. The zero-order chi connectivity index (χ0) is 34.6. The molecule has 3 aromatic heterocycles. The highest BCUT2D eigenvalue weighted by Crippen LogP contribution is 2.42. The average molecular weight is 696 g/mol. The highest BCUT2D eigenvalue weighted by Gasteiger charge is 2.40. The first kappa shape index (κ1) is 32.3. The number of nitrogens with one attached hydrogen (secondary N) is 3. The number of H-pyrrole nitrogens is 2. The number of alkyl carbamates (subject to hydrolysis) is 1. The summed E-state index contributed by atoms with van der Waals surface area (Å²) in [6.07, 6.45) is 7.50. The number of aromatic nitrogens is 5. The molecule has 2 fully saturated rings. The van der Waals surface area contributed by atoms with E-state index in [0.717, 1.165) is 106 Å². The van der Waals surface area contributed by atoms with Gasteiger partial charge in [-0.1, -0.05) is 25.3 Å². The zero-order valence-corrected chi connectivity index (χ0v) is 29.3. The van der Waals surface area contributed by atoms with Gasteiger partial charge in [0.05, 0.1) is 39.9 Å². The van der Waals surface area contributed by atoms with Gasteiger partial charge in [-0.2, -0.15) is 0 Å². The zero-order valence-electron chi connectivity index (χ0n) is 28.5. The molecule has 5 aromatic rings. The fourth-order valence-electron chi connectivity index (χ4n) is 7.51. The first-order valence-corrected chi connectivity index (χ1v) is 18.2. The van der Waals surface area contributed by atoms with E-state index in [-0.39, 0.29) is 6.04 Å². The number of ether oxygens (including phenoxy) is 2. The molecule has 1 unspecified atom stereocenters. The third-order valence-corrected chi connectivity index (χ3v) is 11.0. The summed E-state index contributed by atoms with van der Waals surface area (Å²) in [7, 11) is 0. The smallest absolute Gasteiger partial charge is 0.408 e. The Morgan fingerprint density at radius 3 is 2.68 bits per heavy atom. The first-order valence-electron chi connectivity index (χ1n) is 17.4. The second kappa shape index (κ2) is 12.4. The van der Waals surface area contributed by atoms with E-state index in [1.54, 1.807) is 11.3 Å². The number of imidazole rings is 2. The van der Waals surface area contributed by atoms with Gasteiger partial charge in [-0.05, 0) is 82.3 Å². The number of hydrogen-bond donors (Lipinski definition) is 4. The van der Waals surface area contributed by atoms with Crippen LogP contribution in [0.1, 0.15) is 89.1 Å². The number of nitrogens with zero attached hydrogens (tertiary/aromatic N) is 4. The monoisotopic (exact) mass is 695 g/mol. The van der Waals surface area contributed by atoms with Gasteiger partial charge in [0.2, 0.25) is 0 Å². The third kappa shape index (κ3) is 6.08. The van der Waals surface area contributed by atoms with Crippen molar-refractivity contribution in [1.82, 2.24) is 35.1 Å². The van der Waals surface area contributed by atoms with Crippen LogP contribution in [0, 0.1) is 0 Å². The van der Waals surface area contributed by atoms with Crippen LogP contribution in [-0.2, 0) is 16.7 Å². The fourth-order valence-corrected chi connectivity index (χ4v) is 8.42. The summed E-state index contributed by atoms with van der Waals surface area (Å²) in [5.74, 6) is 2.22. The van der Waals surface area contributed by atoms with Crippen LogP contribution in [-0.4, -0.2) is 65.9 Å². The highest BCUT2D eigenvalue weighted by molar-refractivity contribution is 7.18. The highest BCUT2D eigenvalue weighted by atomic mass is 32.1. The van der Waals surface area contributed by atoms with Gasteiger partial charge in [-0.25, -0.2) is 24.5 Å². The SMILES string of the molecule is CC(C)(C)OC(=O)NC1(c2nc3cc(-c4ncc(-c5ccc6c(c5)OCCc5nc(C7CCCN7C(=O)O)[nH]c5-6)s4)ccc3[nH]2)CCCCC1. The van der Waals surface area contributed by atoms with Gasteiger partial charge in [0.15, 0.2) is 0 Å². The Balaban J connectivity index is 1.05. The number of carboxylic acid groups (broad SMARTS) is 1. The van der Waals surface area contributed by atoms with Crippen LogP contribution in [0.5, 0.6) is 5.75 Å². The van der Waals surface area contributed by atoms with Crippen molar-refractivity contribution < 1.29 is 24.2 Å². The van der Waals surface area contributed by atoms with Gasteiger partial charge >= 0.3 is 12.2 Å². The molecule has 1 atom stereocenters. The summed E-state index contributed by atoms with van der Waals surface area (Å²) in [4.78, 5) is 48.8. The van der Waals surface area contributed by atoms with E-state index in [4.69, 9.17) is 24.4 Å². The maximum absolute atomic E-state index is 12.9. The van der Waals surface area contributed by atoms with Crippen molar-refractivity contribution in [2.24, 2.45) is 0 Å². The van der Waals surface area contributed by atoms with Gasteiger partial charge in [-0.15, -0.1) is 11.3 Å². The van der Waals surface area contributed by atoms with Crippen LogP contribution >= 0.6 is 11.3 Å². The number of likely N-dealkylation sites (tertiary alicyclic amines) is 1. The largest absolute Gasteiger partial charge is 0.492 e. The summed E-state index contributed by atoms with van der Waals surface area (Å²) in [5, 5.41) is 13.7. The minimum atomic E-state index is -0.911. The second-order valence-electron chi connectivity index (χ2n) is 14.5. The molecular formula is C37H41N7O5S. The molecule has 2 aliphatic heterocycles. The quantitative estimate of drug-likeness (QED) is 0.143. The van der Waals surface area contributed by atoms with Crippen molar-refractivity contribution in [1.29, 1.82) is 0 Å². The molecular weight excluding hydrogens is 655 g/mol. The summed E-state index contributed by atoms with van der Waals surface area (Å²) in [6.45, 7) is 6.61. The van der Waals surface area contributed by atoms with E-state index in [1.807, 2.05) is 45.2 Å². The maximum Gasteiger partial charge on any atom is 0.408 e. The number of amides is 2. The topological polar surface area (TPSA) is 158 Å². The van der Waals surface area contributed by atoms with Crippen LogP contribution in [0.15, 0.2) is 42.6 Å². The Bertz CT molecular complexity index is 2090. The lowest BCUT2D eigenvalue weighted by Crippen LogP contribution is -2.49. The fraction of sp³-hybridized carbons (Fsp3) is 0.432. The van der Waals surface area contributed by atoms with Crippen molar-refractivity contribution in [2.45, 2.75) is 89.3 Å². The Morgan fingerprint density at radius 1 is 1.06 bits per heavy atom. The molecule has 50 heavy (non-hydrogen) atoms. The summed E-state index contributed by atoms with van der Waals surface area (Å²) < 4.78 is 11.8. The lowest BCUT2D eigenvalue weighted by atomic mass is 9.81. The summed E-state index contributed by atoms with van der Waals surface area (Å²) in [5.41, 5.74) is 5.21. The van der Waals surface area contributed by atoms with Crippen molar-refractivity contribution in [3.63, 3.8) is 0 Å². The first-order chi connectivity index (χ1) is 24.0. The molecule has 0 bridgehead atoms. The molecule has 1 aliphatic carbocycles. The van der Waals surface area contributed by atoms with E-state index in [0.29, 0.717) is 25.4 Å². The Kier molecular flexibility index (Phi) is 8.04. The Labute approximate surface area is 293 Å². The van der Waals surface area contributed by atoms with Crippen LogP contribution in [0.3, 0.4) is 0 Å². The molecule has 8 rings (SSSR count). The van der Waals surface area contributed by atoms with Gasteiger partial charge in [-0.3, -0.25) is 4.90 Å². The maximum atomic E-state index is 12.9. The molecule has 1 saturated heterocycles. The van der Waals surface area contributed by atoms with Crippen molar-refractivity contribution in [2.75, 3.05) is 13.2 Å². The van der Waals surface area contributed by atoms with Gasteiger partial charge in [0.25, 0.3) is 0 Å². The van der Waals surface area contributed by atoms with Crippen molar-refractivity contribution in [3.8, 4) is 38.0 Å². The summed E-state index contributed by atoms with van der Waals surface area (Å²) in [6, 6.07) is 12.0. The number of carbonyl (C=O) groups is 2. The van der Waals surface area contributed by atoms with Crippen LogP contribution < -0.4 is 10.1 Å². The van der Waals surface area contributed by atoms with Crippen LogP contribution in [0.2, 0.25) is 0 Å². The van der Waals surface area contributed by atoms with Gasteiger partial charge < -0.3 is 29.9 Å². The number of rotatable bonds is 5. The minimum Gasteiger partial charge on any atom is -0.492 e. The Morgan fingerprint density at radius 2 is 1.88 bits per heavy atom. The number of benzene rings is 2. The summed E-state index contributed by atoms with van der Waals surface area (Å²) >= 11 is 1.60. The number of thiazole rings is 1. The molecule has 260 valence electrons. The number of fused-ring (bicyclic) bond motifs is 4. The van der Waals surface area contributed by atoms with Crippen molar-refractivity contribution in [3.05, 3.63) is 59.9 Å². The predicted octanol–water partition coefficient (Wildman–Crippen LogP) is 8.18. The normalized spacial score (nSPS) is 18.6. The molecule has 13 heteroatoms. The predicted molar refractivity (Wildman–Crippen MR) is 190 cm³/mol. The lowest BCUT2D eigenvalue weighted by molar-refractivity contribution is 0.0412. The number of hydrogen-bond acceptors (Lipinski definition) is 8. The molecule has 12 nitrogen and oxygen atoms in total. The van der Waals surface area contributed by atoms with E-state index in [1.165, 1.54) is 4.90 Å². The number of carbonyl (C=O) groups excluding carboxylic acids is 1. The molecule has 4 N–H and O–H groups in total. The second-order valence-corrected chi connectivity index (χ2v) is 15.5. The minimum absolute atomic E-state index is 0.256. The third-order valence-electron chi connectivity index (χ3n) is 9.88. The number of aromatic amines is 2. The molecule has 0 spiro atoms. The average Bonchev–Trinajstić information content (AvgIpc) is 3.89. The van der Waals surface area contributed by atoms with Crippen molar-refractivity contribution >= 4 is 34.6 Å². The van der Waals surface area contributed by atoms with E-state index < -0.39 is 23.3 Å². The molecule has 2 amide bonds.